The van der Waals surface area contributed by atoms with Crippen molar-refractivity contribution in [2.75, 3.05) is 0 Å². The van der Waals surface area contributed by atoms with Gasteiger partial charge in [-0.25, -0.2) is 21.9 Å². The number of nitrogens with zero attached hydrogens (tertiary/aromatic N) is 20. The molecule has 0 unspecified atom stereocenters. The average Bonchev–Trinajstić information content (AvgIpc) is 3.84. The summed E-state index contributed by atoms with van der Waals surface area (Å²) in [6, 6.07) is 3.58. The van der Waals surface area contributed by atoms with E-state index in [1.54, 1.807) is 26.0 Å². The zero-order chi connectivity index (χ0) is 35.0. The van der Waals surface area contributed by atoms with Gasteiger partial charge in [-0.2, -0.15) is 10.5 Å². The van der Waals surface area contributed by atoms with Crippen molar-refractivity contribution in [2.45, 2.75) is 66.2 Å². The van der Waals surface area contributed by atoms with Crippen molar-refractivity contribution in [2.24, 2.45) is 20.5 Å². The van der Waals surface area contributed by atoms with E-state index < -0.39 is 0 Å². The van der Waals surface area contributed by atoms with E-state index in [0.29, 0.717) is 45.7 Å². The van der Waals surface area contributed by atoms with Gasteiger partial charge in [0.05, 0.1) is 39.9 Å². The summed E-state index contributed by atoms with van der Waals surface area (Å²) in [5, 5.41) is 51.2. The first-order valence-corrected chi connectivity index (χ1v) is 14.0. The SMILES string of the molecule is Cc1nn2nc(C(C)(C)C)c(N=Nc3nc(C#N)c(C#N)[n-]3)c2[n-]1.[C-]#[N+]c1nc(N=Nc2c(C(C)(C)C)nn3nc(C)[n-]c23)[n-]c1[N+]#[C-].[Co]. The quantitative estimate of drug-likeness (QED) is 0.175. The minimum atomic E-state index is -0.298. The molecule has 6 aromatic rings. The number of rotatable bonds is 4. The molecule has 20 nitrogen and oxygen atoms in total. The molecule has 0 atom stereocenters. The van der Waals surface area contributed by atoms with Crippen molar-refractivity contribution < 1.29 is 16.8 Å². The van der Waals surface area contributed by atoms with Crippen LogP contribution in [0.4, 0.5) is 34.9 Å². The van der Waals surface area contributed by atoms with Crippen LogP contribution in [0.1, 0.15) is 76.0 Å². The first-order chi connectivity index (χ1) is 22.7. The summed E-state index contributed by atoms with van der Waals surface area (Å²) in [5.74, 6) is 0.876. The standard InChI is InChI=1S/2C14H12N10.Co/c1-7-17-12-8(9(14(2,3)4)23-24(12)22-7)20-21-13-18-10(15-5)11(16-6)19-13;1-7-17-12-10(11(14(2,3)4)23-24(12)22-7)20-21-13-18-8(5-15)9(6-16)19-13;/h2*1-4H3;/q2*-2;. The fourth-order valence-electron chi connectivity index (χ4n) is 4.17. The van der Waals surface area contributed by atoms with Crippen LogP contribution in [0.3, 0.4) is 0 Å². The summed E-state index contributed by atoms with van der Waals surface area (Å²) < 4.78 is 2.84. The molecule has 0 aliphatic carbocycles. The van der Waals surface area contributed by atoms with Gasteiger partial charge in [-0.1, -0.05) is 48.1 Å². The van der Waals surface area contributed by atoms with Gasteiger partial charge in [-0.3, -0.25) is 24.3 Å². The fourth-order valence-corrected chi connectivity index (χ4v) is 4.17. The van der Waals surface area contributed by atoms with Crippen LogP contribution in [-0.4, -0.2) is 39.6 Å². The maximum Gasteiger partial charge on any atom is 0.237 e. The van der Waals surface area contributed by atoms with Gasteiger partial charge in [-0.05, 0) is 25.5 Å². The molecule has 0 fully saturated rings. The Balaban J connectivity index is 0.000000216. The molecule has 49 heavy (non-hydrogen) atoms. The van der Waals surface area contributed by atoms with Gasteiger partial charge in [0, 0.05) is 33.6 Å². The largest absolute Gasteiger partial charge is 0.562 e. The van der Waals surface area contributed by atoms with E-state index in [-0.39, 0.29) is 62.5 Å². The van der Waals surface area contributed by atoms with Crippen LogP contribution in [0.2, 0.25) is 0 Å². The Morgan fingerprint density at radius 1 is 0.673 bits per heavy atom. The van der Waals surface area contributed by atoms with Crippen molar-refractivity contribution in [3.05, 3.63) is 57.3 Å². The van der Waals surface area contributed by atoms with Crippen LogP contribution in [0.15, 0.2) is 20.5 Å². The number of hydrogen-bond acceptors (Lipinski definition) is 12. The number of fused-ring (bicyclic) bond motifs is 2. The van der Waals surface area contributed by atoms with Crippen LogP contribution >= 0.6 is 0 Å². The van der Waals surface area contributed by atoms with Crippen LogP contribution < -0.4 is 19.9 Å². The molecule has 0 bridgehead atoms. The van der Waals surface area contributed by atoms with Gasteiger partial charge in [-0.15, -0.1) is 10.2 Å². The minimum Gasteiger partial charge on any atom is -0.562 e. The van der Waals surface area contributed by atoms with Crippen molar-refractivity contribution in [1.82, 2.24) is 59.6 Å². The summed E-state index contributed by atoms with van der Waals surface area (Å²) in [6.45, 7) is 29.4. The Bertz CT molecular complexity index is 2160. The molecule has 0 aliphatic heterocycles. The second kappa shape index (κ2) is 13.3. The molecule has 6 rings (SSSR count). The first-order valence-electron chi connectivity index (χ1n) is 14.0. The van der Waals surface area contributed by atoms with E-state index in [1.165, 1.54) is 9.26 Å². The Kier molecular flexibility index (Phi) is 9.57. The van der Waals surface area contributed by atoms with Gasteiger partial charge >= 0.3 is 0 Å². The molecule has 0 aliphatic rings. The monoisotopic (exact) mass is 699 g/mol. The maximum atomic E-state index is 8.90. The molecule has 249 valence electrons. The van der Waals surface area contributed by atoms with E-state index in [0.717, 1.165) is 0 Å². The van der Waals surface area contributed by atoms with Gasteiger partial charge in [0.2, 0.25) is 5.95 Å². The molecular formula is C28H24CoN20-4. The summed E-state index contributed by atoms with van der Waals surface area (Å²) in [5.41, 5.74) is 2.52. The molecule has 0 amide bonds. The van der Waals surface area contributed by atoms with Gasteiger partial charge in [0.15, 0.2) is 0 Å². The third-order valence-corrected chi connectivity index (χ3v) is 6.24. The van der Waals surface area contributed by atoms with Crippen molar-refractivity contribution in [1.29, 1.82) is 10.5 Å². The number of aromatic nitrogens is 12. The van der Waals surface area contributed by atoms with Crippen molar-refractivity contribution in [3.63, 3.8) is 0 Å². The maximum absolute atomic E-state index is 8.90. The molecule has 1 radical (unpaired) electrons. The summed E-state index contributed by atoms with van der Waals surface area (Å²) in [7, 11) is 0. The summed E-state index contributed by atoms with van der Waals surface area (Å²) >= 11 is 0. The number of nitriles is 2. The van der Waals surface area contributed by atoms with Crippen LogP contribution in [0.5, 0.6) is 0 Å². The normalized spacial score (nSPS) is 11.7. The second-order valence-electron chi connectivity index (χ2n) is 12.1. The van der Waals surface area contributed by atoms with E-state index >= 15 is 0 Å². The predicted octanol–water partition coefficient (Wildman–Crippen LogP) is 4.96. The van der Waals surface area contributed by atoms with Crippen molar-refractivity contribution >= 4 is 46.2 Å². The van der Waals surface area contributed by atoms with Crippen LogP contribution in [-0.2, 0) is 27.6 Å². The van der Waals surface area contributed by atoms with Gasteiger partial charge < -0.3 is 39.8 Å². The summed E-state index contributed by atoms with van der Waals surface area (Å²) in [4.78, 5) is 30.4. The first kappa shape index (κ1) is 35.3. The molecule has 6 heterocycles. The molecule has 0 saturated heterocycles. The number of hydrogen-bond donors (Lipinski definition) is 0. The molecule has 21 heteroatoms. The number of azo groups is 2. The van der Waals surface area contributed by atoms with Gasteiger partial charge in [0.25, 0.3) is 0 Å². The topological polar surface area (TPSA) is 248 Å². The Morgan fingerprint density at radius 3 is 1.53 bits per heavy atom. The zero-order valence-electron chi connectivity index (χ0n) is 27.3. The number of aryl methyl sites for hydroxylation is 2. The van der Waals surface area contributed by atoms with Gasteiger partial charge in [0.1, 0.15) is 29.3 Å². The third kappa shape index (κ3) is 7.08. The molecule has 0 N–H and O–H groups in total. The van der Waals surface area contributed by atoms with E-state index in [1.807, 2.05) is 41.5 Å². The van der Waals surface area contributed by atoms with E-state index in [2.05, 4.69) is 80.4 Å². The third-order valence-electron chi connectivity index (χ3n) is 6.24. The van der Waals surface area contributed by atoms with Crippen molar-refractivity contribution in [3.8, 4) is 12.1 Å². The molecule has 0 spiro atoms. The van der Waals surface area contributed by atoms with Crippen LogP contribution in [0, 0.1) is 49.7 Å². The zero-order valence-corrected chi connectivity index (χ0v) is 28.3. The molecule has 6 aromatic heterocycles. The van der Waals surface area contributed by atoms with E-state index in [9.17, 15) is 0 Å². The minimum absolute atomic E-state index is 0. The van der Waals surface area contributed by atoms with E-state index in [4.69, 9.17) is 23.7 Å². The Morgan fingerprint density at radius 2 is 1.16 bits per heavy atom. The Hall–Kier alpha value is -6.55. The second-order valence-corrected chi connectivity index (χ2v) is 12.1. The average molecular weight is 700 g/mol. The molecule has 0 aromatic carbocycles. The Labute approximate surface area is 288 Å². The summed E-state index contributed by atoms with van der Waals surface area (Å²) in [6.07, 6.45) is 0. The number of imidazole rings is 2. The molecule has 0 saturated carbocycles. The van der Waals surface area contributed by atoms with Crippen LogP contribution in [0.25, 0.3) is 21.0 Å². The molecular weight excluding hydrogens is 675 g/mol. The smallest absolute Gasteiger partial charge is 0.237 e. The fraction of sp³-hybridized carbons (Fsp3) is 0.357. The predicted molar refractivity (Wildman–Crippen MR) is 165 cm³/mol.